The van der Waals surface area contributed by atoms with Crippen LogP contribution >= 0.6 is 0 Å². The summed E-state index contributed by atoms with van der Waals surface area (Å²) in [5.41, 5.74) is 0. The SMILES string of the molecule is CCCCCC(O)CC[C@H]1[C@@H](CCCCC(=O)OC)[C@H](O)C[C@@H]1O. The van der Waals surface area contributed by atoms with Crippen molar-refractivity contribution in [2.24, 2.45) is 11.8 Å². The van der Waals surface area contributed by atoms with Crippen molar-refractivity contribution >= 4 is 5.97 Å². The summed E-state index contributed by atoms with van der Waals surface area (Å²) in [6.07, 6.45) is 7.59. The van der Waals surface area contributed by atoms with Crippen molar-refractivity contribution in [1.82, 2.24) is 0 Å². The van der Waals surface area contributed by atoms with Gasteiger partial charge in [0.2, 0.25) is 0 Å². The van der Waals surface area contributed by atoms with Gasteiger partial charge in [0.05, 0.1) is 25.4 Å². The van der Waals surface area contributed by atoms with E-state index in [-0.39, 0.29) is 23.9 Å². The maximum atomic E-state index is 11.1. The molecule has 1 aliphatic rings. The lowest BCUT2D eigenvalue weighted by molar-refractivity contribution is -0.140. The standard InChI is InChI=1S/C19H36O5/c1-3-4-5-8-14(20)11-12-16-15(17(21)13-18(16)22)9-6-7-10-19(23)24-2/h14-18,20-22H,3-13H2,1-2H3/t14?,15-,16+,17-,18+/m1/s1. The molecule has 1 unspecified atom stereocenters. The van der Waals surface area contributed by atoms with Gasteiger partial charge >= 0.3 is 5.97 Å². The number of carbonyl (C=O) groups is 1. The lowest BCUT2D eigenvalue weighted by Gasteiger charge is -2.24. The molecule has 5 nitrogen and oxygen atoms in total. The zero-order chi connectivity index (χ0) is 17.9. The Morgan fingerprint density at radius 1 is 1.04 bits per heavy atom. The molecule has 0 heterocycles. The quantitative estimate of drug-likeness (QED) is 0.374. The lowest BCUT2D eigenvalue weighted by atomic mass is 9.84. The number of aliphatic hydroxyl groups excluding tert-OH is 3. The number of rotatable bonds is 12. The van der Waals surface area contributed by atoms with Crippen molar-refractivity contribution in [1.29, 1.82) is 0 Å². The average Bonchev–Trinajstić information content (AvgIpc) is 2.82. The summed E-state index contributed by atoms with van der Waals surface area (Å²) in [7, 11) is 1.39. The molecule has 1 fully saturated rings. The molecule has 0 spiro atoms. The second-order valence-corrected chi connectivity index (χ2v) is 7.25. The van der Waals surface area contributed by atoms with Crippen LogP contribution in [-0.2, 0) is 9.53 Å². The van der Waals surface area contributed by atoms with Gasteiger partial charge in [-0.25, -0.2) is 0 Å². The van der Waals surface area contributed by atoms with E-state index in [1.807, 2.05) is 0 Å². The minimum Gasteiger partial charge on any atom is -0.469 e. The van der Waals surface area contributed by atoms with E-state index in [0.29, 0.717) is 19.3 Å². The fraction of sp³-hybridized carbons (Fsp3) is 0.947. The lowest BCUT2D eigenvalue weighted by Crippen LogP contribution is -2.24. The van der Waals surface area contributed by atoms with Crippen LogP contribution in [0.1, 0.15) is 77.6 Å². The third-order valence-corrected chi connectivity index (χ3v) is 5.39. The number of aliphatic hydroxyl groups is 3. The average molecular weight is 344 g/mol. The Kier molecular flexibility index (Phi) is 10.5. The summed E-state index contributed by atoms with van der Waals surface area (Å²) in [6, 6.07) is 0. The molecule has 0 aromatic rings. The minimum absolute atomic E-state index is 0.0546. The molecule has 3 N–H and O–H groups in total. The molecule has 0 saturated heterocycles. The molecule has 1 saturated carbocycles. The van der Waals surface area contributed by atoms with Crippen LogP contribution in [-0.4, -0.2) is 46.7 Å². The fourth-order valence-electron chi connectivity index (χ4n) is 3.89. The number of hydrogen-bond acceptors (Lipinski definition) is 5. The van der Waals surface area contributed by atoms with E-state index in [9.17, 15) is 20.1 Å². The highest BCUT2D eigenvalue weighted by molar-refractivity contribution is 5.68. The predicted octanol–water partition coefficient (Wildman–Crippen LogP) is 2.80. The van der Waals surface area contributed by atoms with Crippen molar-refractivity contribution < 1.29 is 24.9 Å². The zero-order valence-corrected chi connectivity index (χ0v) is 15.3. The van der Waals surface area contributed by atoms with Crippen LogP contribution in [0.3, 0.4) is 0 Å². The first kappa shape index (κ1) is 21.4. The molecule has 142 valence electrons. The van der Waals surface area contributed by atoms with Crippen molar-refractivity contribution in [2.75, 3.05) is 7.11 Å². The van der Waals surface area contributed by atoms with E-state index in [0.717, 1.165) is 51.4 Å². The monoisotopic (exact) mass is 344 g/mol. The molecule has 24 heavy (non-hydrogen) atoms. The van der Waals surface area contributed by atoms with Crippen molar-refractivity contribution in [3.8, 4) is 0 Å². The second-order valence-electron chi connectivity index (χ2n) is 7.25. The summed E-state index contributed by atoms with van der Waals surface area (Å²) in [6.45, 7) is 2.15. The first-order valence-corrected chi connectivity index (χ1v) is 9.60. The van der Waals surface area contributed by atoms with Crippen molar-refractivity contribution in [3.63, 3.8) is 0 Å². The van der Waals surface area contributed by atoms with Crippen LogP contribution < -0.4 is 0 Å². The summed E-state index contributed by atoms with van der Waals surface area (Å²) in [5, 5.41) is 30.5. The normalized spacial score (nSPS) is 28.0. The summed E-state index contributed by atoms with van der Waals surface area (Å²) < 4.78 is 4.63. The Labute approximate surface area is 146 Å². The number of esters is 1. The molecule has 1 rings (SSSR count). The molecule has 0 amide bonds. The van der Waals surface area contributed by atoms with E-state index in [4.69, 9.17) is 0 Å². The second kappa shape index (κ2) is 11.8. The maximum absolute atomic E-state index is 11.1. The van der Waals surface area contributed by atoms with Gasteiger partial charge < -0.3 is 20.1 Å². The molecular weight excluding hydrogens is 308 g/mol. The highest BCUT2D eigenvalue weighted by Crippen LogP contribution is 2.39. The largest absolute Gasteiger partial charge is 0.469 e. The summed E-state index contributed by atoms with van der Waals surface area (Å²) in [5.74, 6) is -0.0757. The number of methoxy groups -OCH3 is 1. The first-order chi connectivity index (χ1) is 11.5. The maximum Gasteiger partial charge on any atom is 0.305 e. The van der Waals surface area contributed by atoms with E-state index >= 15 is 0 Å². The van der Waals surface area contributed by atoms with Crippen LogP contribution in [0.25, 0.3) is 0 Å². The molecule has 0 aromatic carbocycles. The van der Waals surface area contributed by atoms with Gasteiger partial charge in [0.15, 0.2) is 0 Å². The number of hydrogen-bond donors (Lipinski definition) is 3. The molecule has 0 aliphatic heterocycles. The van der Waals surface area contributed by atoms with Crippen LogP contribution in [0.5, 0.6) is 0 Å². The number of ether oxygens (including phenoxy) is 1. The van der Waals surface area contributed by atoms with Crippen LogP contribution in [0.2, 0.25) is 0 Å². The fourth-order valence-corrected chi connectivity index (χ4v) is 3.89. The number of carbonyl (C=O) groups excluding carboxylic acids is 1. The summed E-state index contributed by atoms with van der Waals surface area (Å²) in [4.78, 5) is 11.1. The van der Waals surface area contributed by atoms with Gasteiger partial charge in [-0.15, -0.1) is 0 Å². The van der Waals surface area contributed by atoms with Gasteiger partial charge in [0.25, 0.3) is 0 Å². The topological polar surface area (TPSA) is 87.0 Å². The molecule has 0 radical (unpaired) electrons. The molecule has 0 aromatic heterocycles. The Morgan fingerprint density at radius 2 is 1.71 bits per heavy atom. The van der Waals surface area contributed by atoms with Crippen molar-refractivity contribution in [2.45, 2.75) is 95.9 Å². The third-order valence-electron chi connectivity index (χ3n) is 5.39. The van der Waals surface area contributed by atoms with Gasteiger partial charge in [0, 0.05) is 6.42 Å². The van der Waals surface area contributed by atoms with Gasteiger partial charge in [-0.3, -0.25) is 4.79 Å². The van der Waals surface area contributed by atoms with Crippen LogP contribution in [0, 0.1) is 11.8 Å². The predicted molar refractivity (Wildman–Crippen MR) is 93.5 cm³/mol. The zero-order valence-electron chi connectivity index (χ0n) is 15.3. The Balaban J connectivity index is 2.34. The van der Waals surface area contributed by atoms with Gasteiger partial charge in [-0.05, 0) is 50.4 Å². The Bertz CT molecular complexity index is 347. The minimum atomic E-state index is -0.478. The Morgan fingerprint density at radius 3 is 2.33 bits per heavy atom. The molecule has 5 atom stereocenters. The van der Waals surface area contributed by atoms with E-state index in [1.165, 1.54) is 7.11 Å². The van der Waals surface area contributed by atoms with Crippen molar-refractivity contribution in [3.05, 3.63) is 0 Å². The molecule has 5 heteroatoms. The third kappa shape index (κ3) is 7.49. The molecule has 1 aliphatic carbocycles. The van der Waals surface area contributed by atoms with Crippen LogP contribution in [0.4, 0.5) is 0 Å². The van der Waals surface area contributed by atoms with Gasteiger partial charge in [0.1, 0.15) is 0 Å². The van der Waals surface area contributed by atoms with E-state index < -0.39 is 12.2 Å². The Hall–Kier alpha value is -0.650. The highest BCUT2D eigenvalue weighted by atomic mass is 16.5. The molecule has 0 bridgehead atoms. The highest BCUT2D eigenvalue weighted by Gasteiger charge is 2.40. The first-order valence-electron chi connectivity index (χ1n) is 9.60. The summed E-state index contributed by atoms with van der Waals surface area (Å²) >= 11 is 0. The van der Waals surface area contributed by atoms with Gasteiger partial charge in [-0.1, -0.05) is 32.6 Å². The van der Waals surface area contributed by atoms with E-state index in [1.54, 1.807) is 0 Å². The van der Waals surface area contributed by atoms with Gasteiger partial charge in [-0.2, -0.15) is 0 Å². The van der Waals surface area contributed by atoms with E-state index in [2.05, 4.69) is 11.7 Å². The van der Waals surface area contributed by atoms with Crippen LogP contribution in [0.15, 0.2) is 0 Å². The smallest absolute Gasteiger partial charge is 0.305 e. The number of unbranched alkanes of at least 4 members (excludes halogenated alkanes) is 3. The molecular formula is C19H36O5.